The molecule has 0 saturated heterocycles. The van der Waals surface area contributed by atoms with Crippen molar-refractivity contribution in [3.63, 3.8) is 0 Å². The molecule has 2 amide bonds. The van der Waals surface area contributed by atoms with E-state index >= 15 is 0 Å². The van der Waals surface area contributed by atoms with Gasteiger partial charge in [0.1, 0.15) is 0 Å². The van der Waals surface area contributed by atoms with Crippen molar-refractivity contribution in [2.24, 2.45) is 0 Å². The van der Waals surface area contributed by atoms with Gasteiger partial charge in [-0.15, -0.1) is 0 Å². The van der Waals surface area contributed by atoms with Crippen molar-refractivity contribution in [1.29, 1.82) is 0 Å². The molecule has 0 aliphatic heterocycles. The van der Waals surface area contributed by atoms with Gasteiger partial charge >= 0.3 is 0 Å². The molecule has 0 saturated carbocycles. The third-order valence-corrected chi connectivity index (χ3v) is 3.18. The molecule has 19 heavy (non-hydrogen) atoms. The Kier molecular flexibility index (Phi) is 5.44. The number of nitrogens with two attached hydrogens (primary N) is 1. The van der Waals surface area contributed by atoms with Crippen LogP contribution in [0.15, 0.2) is 12.1 Å². The third kappa shape index (κ3) is 4.01. The Labute approximate surface area is 121 Å². The van der Waals surface area contributed by atoms with Crippen LogP contribution in [0.25, 0.3) is 0 Å². The fraction of sp³-hybridized carbons (Fsp3) is 0.333. The average Bonchev–Trinajstić information content (AvgIpc) is 2.33. The second-order valence-corrected chi connectivity index (χ2v) is 4.76. The lowest BCUT2D eigenvalue weighted by molar-refractivity contribution is -0.121. The molecule has 1 aromatic rings. The molecule has 0 aliphatic carbocycles. The van der Waals surface area contributed by atoms with E-state index in [-0.39, 0.29) is 28.1 Å². The number of hydrogen-bond donors (Lipinski definition) is 2. The first-order valence-corrected chi connectivity index (χ1v) is 6.39. The lowest BCUT2D eigenvalue weighted by Gasteiger charge is -2.18. The van der Waals surface area contributed by atoms with E-state index in [0.717, 1.165) is 0 Å². The van der Waals surface area contributed by atoms with Crippen molar-refractivity contribution in [1.82, 2.24) is 10.2 Å². The second kappa shape index (κ2) is 6.63. The van der Waals surface area contributed by atoms with Crippen molar-refractivity contribution in [3.8, 4) is 0 Å². The molecule has 0 radical (unpaired) electrons. The summed E-state index contributed by atoms with van der Waals surface area (Å²) in [5, 5.41) is 2.94. The number of nitrogens with zero attached hydrogens (tertiary/aromatic N) is 1. The van der Waals surface area contributed by atoms with E-state index < -0.39 is 5.91 Å². The van der Waals surface area contributed by atoms with Gasteiger partial charge in [0.2, 0.25) is 5.91 Å². The molecule has 5 nitrogen and oxygen atoms in total. The van der Waals surface area contributed by atoms with Gasteiger partial charge in [-0.25, -0.2) is 0 Å². The molecule has 1 aromatic carbocycles. The summed E-state index contributed by atoms with van der Waals surface area (Å²) < 4.78 is 0. The van der Waals surface area contributed by atoms with E-state index in [9.17, 15) is 9.59 Å². The van der Waals surface area contributed by atoms with E-state index in [1.165, 1.54) is 24.1 Å². The molecule has 1 rings (SSSR count). The Morgan fingerprint density at radius 1 is 1.37 bits per heavy atom. The molecular weight excluding hydrogens is 289 g/mol. The Morgan fingerprint density at radius 3 is 2.58 bits per heavy atom. The zero-order chi connectivity index (χ0) is 14.6. The summed E-state index contributed by atoms with van der Waals surface area (Å²) in [5.74, 6) is -0.657. The number of carbonyl (C=O) groups excluding carboxylic acids is 2. The number of anilines is 1. The van der Waals surface area contributed by atoms with Gasteiger partial charge in [0.15, 0.2) is 0 Å². The maximum atomic E-state index is 12.2. The highest BCUT2D eigenvalue weighted by Crippen LogP contribution is 2.29. The molecule has 0 atom stereocenters. The normalized spacial score (nSPS) is 10.1. The van der Waals surface area contributed by atoms with Crippen LogP contribution in [0.4, 0.5) is 5.69 Å². The van der Waals surface area contributed by atoms with Crippen LogP contribution in [0.1, 0.15) is 17.3 Å². The number of rotatable bonds is 4. The quantitative estimate of drug-likeness (QED) is 0.833. The minimum Gasteiger partial charge on any atom is -0.399 e. The van der Waals surface area contributed by atoms with E-state index in [1.807, 2.05) is 0 Å². The van der Waals surface area contributed by atoms with Crippen LogP contribution in [-0.4, -0.2) is 36.9 Å². The number of carbonyl (C=O) groups is 2. The summed E-state index contributed by atoms with van der Waals surface area (Å²) in [7, 11) is 1.50. The van der Waals surface area contributed by atoms with Crippen molar-refractivity contribution in [2.45, 2.75) is 6.92 Å². The van der Waals surface area contributed by atoms with Gasteiger partial charge in [-0.05, 0) is 19.1 Å². The molecular formula is C12H15Cl2N3O2. The molecule has 0 bridgehead atoms. The fourth-order valence-corrected chi connectivity index (χ4v) is 1.93. The molecule has 104 valence electrons. The Morgan fingerprint density at radius 2 is 2.00 bits per heavy atom. The van der Waals surface area contributed by atoms with Crippen LogP contribution >= 0.6 is 23.2 Å². The highest BCUT2D eigenvalue weighted by molar-refractivity contribution is 6.44. The zero-order valence-corrected chi connectivity index (χ0v) is 12.2. The number of halogens is 2. The summed E-state index contributed by atoms with van der Waals surface area (Å²) in [6, 6.07) is 2.90. The van der Waals surface area contributed by atoms with E-state index in [0.29, 0.717) is 12.2 Å². The molecule has 3 N–H and O–H groups in total. The van der Waals surface area contributed by atoms with Crippen LogP contribution in [0.3, 0.4) is 0 Å². The molecule has 0 fully saturated rings. The predicted octanol–water partition coefficient (Wildman–Crippen LogP) is 1.78. The van der Waals surface area contributed by atoms with Gasteiger partial charge in [0, 0.05) is 19.3 Å². The maximum Gasteiger partial charge on any atom is 0.255 e. The number of likely N-dealkylation sites (N-methyl/N-ethyl adjacent to an activating group) is 2. The van der Waals surface area contributed by atoms with Crippen molar-refractivity contribution < 1.29 is 9.59 Å². The molecule has 7 heteroatoms. The Balaban J connectivity index is 2.91. The highest BCUT2D eigenvalue weighted by Gasteiger charge is 2.19. The van der Waals surface area contributed by atoms with Crippen LogP contribution in [0, 0.1) is 0 Å². The van der Waals surface area contributed by atoms with E-state index in [4.69, 9.17) is 28.9 Å². The number of benzene rings is 1. The first kappa shape index (κ1) is 15.6. The minimum atomic E-state index is -0.412. The number of nitrogen functional groups attached to an aromatic ring is 1. The Bertz CT molecular complexity index is 506. The summed E-state index contributed by atoms with van der Waals surface area (Å²) in [6.07, 6.45) is 0. The van der Waals surface area contributed by atoms with Gasteiger partial charge in [-0.2, -0.15) is 0 Å². The molecule has 0 aliphatic rings. The van der Waals surface area contributed by atoms with Gasteiger partial charge in [-0.3, -0.25) is 9.59 Å². The first-order chi connectivity index (χ1) is 8.86. The van der Waals surface area contributed by atoms with Gasteiger partial charge < -0.3 is 16.0 Å². The lowest BCUT2D eigenvalue weighted by atomic mass is 10.1. The van der Waals surface area contributed by atoms with Crippen LogP contribution in [0.2, 0.25) is 10.0 Å². The molecule has 0 unspecified atom stereocenters. The minimum absolute atomic E-state index is 0.0601. The summed E-state index contributed by atoms with van der Waals surface area (Å²) in [6.45, 7) is 2.25. The average molecular weight is 304 g/mol. The summed E-state index contributed by atoms with van der Waals surface area (Å²) in [5.41, 5.74) is 6.14. The van der Waals surface area contributed by atoms with Crippen LogP contribution in [0.5, 0.6) is 0 Å². The largest absolute Gasteiger partial charge is 0.399 e. The number of hydrogen-bond acceptors (Lipinski definition) is 3. The van der Waals surface area contributed by atoms with Gasteiger partial charge in [0.05, 0.1) is 22.2 Å². The summed E-state index contributed by atoms with van der Waals surface area (Å²) >= 11 is 11.8. The SMILES string of the molecule is CCNC(=O)CN(C)C(=O)c1cc(N)cc(Cl)c1Cl. The van der Waals surface area contributed by atoms with E-state index in [1.54, 1.807) is 6.92 Å². The highest BCUT2D eigenvalue weighted by atomic mass is 35.5. The zero-order valence-electron chi connectivity index (χ0n) is 10.7. The monoisotopic (exact) mass is 303 g/mol. The van der Waals surface area contributed by atoms with Crippen molar-refractivity contribution in [3.05, 3.63) is 27.7 Å². The molecule has 0 spiro atoms. The van der Waals surface area contributed by atoms with Gasteiger partial charge in [0.25, 0.3) is 5.91 Å². The topological polar surface area (TPSA) is 75.4 Å². The maximum absolute atomic E-state index is 12.2. The first-order valence-electron chi connectivity index (χ1n) is 5.63. The molecule has 0 heterocycles. The van der Waals surface area contributed by atoms with Gasteiger partial charge in [-0.1, -0.05) is 23.2 Å². The fourth-order valence-electron chi connectivity index (χ4n) is 1.51. The van der Waals surface area contributed by atoms with Crippen LogP contribution in [-0.2, 0) is 4.79 Å². The standard InChI is InChI=1S/C12H15Cl2N3O2/c1-3-16-10(18)6-17(2)12(19)8-4-7(15)5-9(13)11(8)14/h4-5H,3,6,15H2,1-2H3,(H,16,18). The van der Waals surface area contributed by atoms with Crippen molar-refractivity contribution >= 4 is 40.7 Å². The number of nitrogens with one attached hydrogen (secondary N) is 1. The van der Waals surface area contributed by atoms with Crippen molar-refractivity contribution in [2.75, 3.05) is 25.9 Å². The molecule has 0 aromatic heterocycles. The van der Waals surface area contributed by atoms with Crippen LogP contribution < -0.4 is 11.1 Å². The predicted molar refractivity (Wildman–Crippen MR) is 76.5 cm³/mol. The number of amides is 2. The Hall–Kier alpha value is -1.46. The second-order valence-electron chi connectivity index (χ2n) is 3.98. The smallest absolute Gasteiger partial charge is 0.255 e. The lowest BCUT2D eigenvalue weighted by Crippen LogP contribution is -2.38. The third-order valence-electron chi connectivity index (χ3n) is 2.38. The summed E-state index contributed by atoms with van der Waals surface area (Å²) in [4.78, 5) is 24.8. The van der Waals surface area contributed by atoms with E-state index in [2.05, 4.69) is 5.32 Å².